The molecule has 0 amide bonds. The molecule has 0 aromatic rings. The van der Waals surface area contributed by atoms with E-state index in [1.165, 1.54) is 14.2 Å². The third-order valence-electron chi connectivity index (χ3n) is 21.7. The van der Waals surface area contributed by atoms with E-state index < -0.39 is 35.4 Å². The van der Waals surface area contributed by atoms with Gasteiger partial charge in [-0.3, -0.25) is 9.59 Å². The van der Waals surface area contributed by atoms with Crippen LogP contribution in [0.1, 0.15) is 164 Å². The van der Waals surface area contributed by atoms with Crippen molar-refractivity contribution in [3.05, 3.63) is 0 Å². The van der Waals surface area contributed by atoms with Crippen LogP contribution in [-0.4, -0.2) is 80.4 Å². The van der Waals surface area contributed by atoms with Crippen molar-refractivity contribution in [1.82, 2.24) is 0 Å². The first-order valence-electron chi connectivity index (χ1n) is 25.8. The van der Waals surface area contributed by atoms with Gasteiger partial charge in [0, 0.05) is 38.7 Å². The molecular weight excluding hydrogens is 841 g/mol. The molecular formula is C53H86F4O8. The van der Waals surface area contributed by atoms with Gasteiger partial charge in [-0.05, 0) is 183 Å². The number of hydrogen-bond acceptors (Lipinski definition) is 8. The third kappa shape index (κ3) is 9.11. The predicted octanol–water partition coefficient (Wildman–Crippen LogP) is 11.5. The average molecular weight is 927 g/mol. The zero-order chi connectivity index (χ0) is 47.7. The average Bonchev–Trinajstić information content (AvgIpc) is 3.79. The first kappa shape index (κ1) is 51.4. The van der Waals surface area contributed by atoms with Crippen LogP contribution in [0, 0.1) is 98.6 Å². The van der Waals surface area contributed by atoms with E-state index in [4.69, 9.17) is 18.9 Å². The van der Waals surface area contributed by atoms with E-state index in [-0.39, 0.29) is 89.9 Å². The molecule has 0 bridgehead atoms. The minimum atomic E-state index is -3.04. The second kappa shape index (κ2) is 19.0. The topological polar surface area (TPSA) is 112 Å². The van der Waals surface area contributed by atoms with Crippen LogP contribution >= 0.6 is 0 Å². The molecule has 0 aliphatic heterocycles. The molecule has 374 valence electrons. The lowest BCUT2D eigenvalue weighted by Gasteiger charge is -2.64. The van der Waals surface area contributed by atoms with E-state index in [0.717, 1.165) is 70.6 Å². The number of carbonyl (C=O) groups excluding carboxylic acids is 2. The molecule has 20 atom stereocenters. The van der Waals surface area contributed by atoms with Gasteiger partial charge >= 0.3 is 11.9 Å². The summed E-state index contributed by atoms with van der Waals surface area (Å²) in [4.78, 5) is 23.4. The number of methoxy groups -OCH3 is 3. The van der Waals surface area contributed by atoms with E-state index in [0.29, 0.717) is 67.1 Å². The number of hydrogen-bond donors (Lipinski definition) is 2. The second-order valence-electron chi connectivity index (χ2n) is 24.5. The largest absolute Gasteiger partial charge is 0.469 e. The standard InChI is InChI=1S/C28H46F2O4.C25H40F2O4/c1-17(7-10-24(31)33-6)20-8-9-21-25-22(11-12-26(20,21)3)27(4)15-28(29,30)18(2)13-19(27)14-23(25)34-16-32-5;1-14(5-8-21(30)31-4)16-6-7-17-22-18(9-10-23(16,17)2)24(3)13-25(26,27)20(29)12-15(24)11-19(22)28/h17-23,25H,7-16H2,1-6H3;14-20,22,28-29H,5-13H2,1-4H3/t17-,18-,19+,20-,21?,22?,23+,25?,26-,27+;14-,15-,16-,17?,18?,19+,20-,22?,23-,24+/m11/s1. The first-order valence-corrected chi connectivity index (χ1v) is 25.8. The fraction of sp³-hybridized carbons (Fsp3) is 0.962. The van der Waals surface area contributed by atoms with Gasteiger partial charge in [-0.1, -0.05) is 48.5 Å². The van der Waals surface area contributed by atoms with Crippen molar-refractivity contribution in [2.24, 2.45) is 98.6 Å². The van der Waals surface area contributed by atoms with Gasteiger partial charge in [0.15, 0.2) is 0 Å². The molecule has 8 nitrogen and oxygen atoms in total. The monoisotopic (exact) mass is 927 g/mol. The Morgan fingerprint density at radius 3 is 1.58 bits per heavy atom. The highest BCUT2D eigenvalue weighted by atomic mass is 19.3. The summed E-state index contributed by atoms with van der Waals surface area (Å²) in [6, 6.07) is 0. The predicted molar refractivity (Wildman–Crippen MR) is 241 cm³/mol. The minimum absolute atomic E-state index is 0.0202. The molecule has 8 aliphatic rings. The number of esters is 2. The Hall–Kier alpha value is -1.50. The van der Waals surface area contributed by atoms with Crippen LogP contribution in [0.3, 0.4) is 0 Å². The molecule has 8 saturated carbocycles. The van der Waals surface area contributed by atoms with Crippen molar-refractivity contribution >= 4 is 11.9 Å². The number of ether oxygens (including phenoxy) is 4. The molecule has 8 rings (SSSR count). The Kier molecular flexibility index (Phi) is 15.0. The summed E-state index contributed by atoms with van der Waals surface area (Å²) >= 11 is 0. The number of fused-ring (bicyclic) bond motifs is 10. The van der Waals surface area contributed by atoms with Crippen LogP contribution in [0.5, 0.6) is 0 Å². The maximum atomic E-state index is 15.1. The zero-order valence-corrected chi connectivity index (χ0v) is 41.5. The van der Waals surface area contributed by atoms with Gasteiger partial charge in [0.1, 0.15) is 12.9 Å². The molecule has 0 spiro atoms. The van der Waals surface area contributed by atoms with Crippen LogP contribution in [0.4, 0.5) is 17.6 Å². The summed E-state index contributed by atoms with van der Waals surface area (Å²) < 4.78 is 80.7. The fourth-order valence-electron chi connectivity index (χ4n) is 18.2. The van der Waals surface area contributed by atoms with Crippen molar-refractivity contribution < 1.29 is 56.3 Å². The van der Waals surface area contributed by atoms with Crippen LogP contribution in [0.25, 0.3) is 0 Å². The highest BCUT2D eigenvalue weighted by molar-refractivity contribution is 5.69. The molecule has 12 heteroatoms. The van der Waals surface area contributed by atoms with Crippen LogP contribution in [-0.2, 0) is 28.5 Å². The third-order valence-corrected chi connectivity index (χ3v) is 21.7. The fourth-order valence-corrected chi connectivity index (χ4v) is 18.2. The lowest BCUT2D eigenvalue weighted by atomic mass is 9.43. The number of aliphatic hydroxyl groups is 2. The van der Waals surface area contributed by atoms with Gasteiger partial charge in [-0.15, -0.1) is 0 Å². The molecule has 0 radical (unpaired) electrons. The Bertz CT molecular complexity index is 1680. The van der Waals surface area contributed by atoms with Crippen LogP contribution in [0.2, 0.25) is 0 Å². The molecule has 0 aromatic heterocycles. The van der Waals surface area contributed by atoms with Gasteiger partial charge in [0.05, 0.1) is 26.4 Å². The molecule has 8 aliphatic carbocycles. The summed E-state index contributed by atoms with van der Waals surface area (Å²) in [6.07, 6.45) is 10.8. The quantitative estimate of drug-likeness (QED) is 0.120. The summed E-state index contributed by atoms with van der Waals surface area (Å²) in [6.45, 7) is 15.5. The zero-order valence-electron chi connectivity index (χ0n) is 41.5. The van der Waals surface area contributed by atoms with E-state index in [2.05, 4.69) is 34.6 Å². The number of rotatable bonds is 11. The summed E-state index contributed by atoms with van der Waals surface area (Å²) in [5.74, 6) is -2.86. The number of alkyl halides is 4. The first-order chi connectivity index (χ1) is 30.4. The van der Waals surface area contributed by atoms with Gasteiger partial charge in [-0.25, -0.2) is 17.6 Å². The number of halogens is 4. The van der Waals surface area contributed by atoms with Crippen molar-refractivity contribution in [2.45, 2.75) is 194 Å². The lowest BCUT2D eigenvalue weighted by molar-refractivity contribution is -0.237. The highest BCUT2D eigenvalue weighted by Crippen LogP contribution is 2.72. The lowest BCUT2D eigenvalue weighted by Crippen LogP contribution is -2.62. The normalized spacial score (nSPS) is 47.8. The van der Waals surface area contributed by atoms with E-state index in [1.807, 2.05) is 6.92 Å². The summed E-state index contributed by atoms with van der Waals surface area (Å²) in [5.41, 5.74) is -0.608. The Morgan fingerprint density at radius 1 is 0.615 bits per heavy atom. The van der Waals surface area contributed by atoms with Crippen molar-refractivity contribution in [3.63, 3.8) is 0 Å². The molecule has 6 unspecified atom stereocenters. The summed E-state index contributed by atoms with van der Waals surface area (Å²) in [7, 11) is 4.54. The SMILES string of the molecule is COC(=O)CC[C@@H](C)[C@H]1CCC2C3C(CC[C@@]21C)[C@@]1(C)CC(F)(F)[C@H](O)C[C@H]1C[C@@H]3O.COCO[C@H]1C[C@@H]2C[C@@H](C)C(F)(F)C[C@]2(C)C2CC[C@@]3(C)C(CC[C@@H]3[C@H](C)CCC(=O)OC)C21. The minimum Gasteiger partial charge on any atom is -0.469 e. The molecule has 0 aromatic carbocycles. The van der Waals surface area contributed by atoms with Crippen molar-refractivity contribution in [3.8, 4) is 0 Å². The number of aliphatic hydroxyl groups excluding tert-OH is 2. The molecule has 2 N–H and O–H groups in total. The Labute approximate surface area is 388 Å². The smallest absolute Gasteiger partial charge is 0.305 e. The van der Waals surface area contributed by atoms with Crippen LogP contribution in [0.15, 0.2) is 0 Å². The van der Waals surface area contributed by atoms with E-state index >= 15 is 8.78 Å². The maximum Gasteiger partial charge on any atom is 0.305 e. The van der Waals surface area contributed by atoms with Gasteiger partial charge < -0.3 is 29.2 Å². The van der Waals surface area contributed by atoms with E-state index in [9.17, 15) is 28.6 Å². The van der Waals surface area contributed by atoms with Gasteiger partial charge in [-0.2, -0.15) is 0 Å². The Balaban J connectivity index is 0.000000195. The molecule has 0 heterocycles. The van der Waals surface area contributed by atoms with Crippen LogP contribution < -0.4 is 0 Å². The summed E-state index contributed by atoms with van der Waals surface area (Å²) in [5, 5.41) is 21.2. The number of carbonyl (C=O) groups is 2. The molecule has 0 saturated heterocycles. The van der Waals surface area contributed by atoms with Gasteiger partial charge in [0.2, 0.25) is 0 Å². The molecule has 8 fully saturated rings. The van der Waals surface area contributed by atoms with Crippen molar-refractivity contribution in [2.75, 3.05) is 28.1 Å². The highest BCUT2D eigenvalue weighted by Gasteiger charge is 2.68. The Morgan fingerprint density at radius 2 is 1.08 bits per heavy atom. The maximum absolute atomic E-state index is 15.1. The van der Waals surface area contributed by atoms with E-state index in [1.54, 1.807) is 14.0 Å². The van der Waals surface area contributed by atoms with Crippen molar-refractivity contribution in [1.29, 1.82) is 0 Å². The second-order valence-corrected chi connectivity index (χ2v) is 24.5. The molecule has 65 heavy (non-hydrogen) atoms. The van der Waals surface area contributed by atoms with Gasteiger partial charge in [0.25, 0.3) is 11.8 Å².